The quantitative estimate of drug-likeness (QED) is 0.810. The van der Waals surface area contributed by atoms with Gasteiger partial charge < -0.3 is 5.32 Å². The highest BCUT2D eigenvalue weighted by molar-refractivity contribution is 9.11. The lowest BCUT2D eigenvalue weighted by molar-refractivity contribution is 0.754. The molecule has 1 aliphatic heterocycles. The number of anilines is 1. The predicted molar refractivity (Wildman–Crippen MR) is 84.1 cm³/mol. The van der Waals surface area contributed by atoms with E-state index in [4.69, 9.17) is 0 Å². The first-order chi connectivity index (χ1) is 8.20. The third-order valence-corrected chi connectivity index (χ3v) is 5.02. The van der Waals surface area contributed by atoms with Crippen LogP contribution in [0.1, 0.15) is 19.8 Å². The van der Waals surface area contributed by atoms with Gasteiger partial charge in [0.2, 0.25) is 0 Å². The smallest absolute Gasteiger partial charge is 0.161 e. The second kappa shape index (κ2) is 6.25. The zero-order chi connectivity index (χ0) is 12.3. The highest BCUT2D eigenvalue weighted by Gasteiger charge is 2.19. The molecule has 2 nitrogen and oxygen atoms in total. The maximum absolute atomic E-state index is 4.54. The summed E-state index contributed by atoms with van der Waals surface area (Å²) in [6, 6.07) is 6.05. The Kier molecular flexibility index (Phi) is 4.94. The van der Waals surface area contributed by atoms with Gasteiger partial charge >= 0.3 is 0 Å². The molecule has 0 amide bonds. The lowest BCUT2D eigenvalue weighted by Crippen LogP contribution is -2.08. The van der Waals surface area contributed by atoms with Gasteiger partial charge in [0.05, 0.1) is 12.2 Å². The molecule has 1 aromatic carbocycles. The van der Waals surface area contributed by atoms with Gasteiger partial charge in [-0.1, -0.05) is 31.2 Å². The van der Waals surface area contributed by atoms with Crippen molar-refractivity contribution < 1.29 is 0 Å². The van der Waals surface area contributed by atoms with Crippen LogP contribution >= 0.6 is 43.6 Å². The van der Waals surface area contributed by atoms with Crippen LogP contribution in [-0.4, -0.2) is 17.0 Å². The Bertz CT molecular complexity index is 414. The van der Waals surface area contributed by atoms with Crippen LogP contribution in [0.2, 0.25) is 0 Å². The number of hydrogen-bond donors (Lipinski definition) is 1. The van der Waals surface area contributed by atoms with Crippen LogP contribution in [0.3, 0.4) is 0 Å². The summed E-state index contributed by atoms with van der Waals surface area (Å²) >= 11 is 8.93. The summed E-state index contributed by atoms with van der Waals surface area (Å²) in [5.74, 6) is 0. The van der Waals surface area contributed by atoms with Gasteiger partial charge in [0.25, 0.3) is 0 Å². The molecule has 1 atom stereocenters. The number of rotatable bonds is 3. The van der Waals surface area contributed by atoms with Crippen LogP contribution in [0.25, 0.3) is 0 Å². The molecule has 1 heterocycles. The number of nitrogens with one attached hydrogen (secondary N) is 1. The van der Waals surface area contributed by atoms with Gasteiger partial charge in [-0.15, -0.1) is 0 Å². The van der Waals surface area contributed by atoms with Crippen molar-refractivity contribution in [3.63, 3.8) is 0 Å². The van der Waals surface area contributed by atoms with Crippen LogP contribution in [-0.2, 0) is 0 Å². The fourth-order valence-corrected chi connectivity index (χ4v) is 4.01. The summed E-state index contributed by atoms with van der Waals surface area (Å²) < 4.78 is 2.10. The molecule has 0 aromatic heterocycles. The number of thioether (sulfide) groups is 1. The molecule has 0 spiro atoms. The van der Waals surface area contributed by atoms with Crippen LogP contribution in [0.5, 0.6) is 0 Å². The van der Waals surface area contributed by atoms with Gasteiger partial charge in [-0.05, 0) is 50.4 Å². The number of halogens is 2. The fraction of sp³-hybridized carbons (Fsp3) is 0.417. The lowest BCUT2D eigenvalue weighted by atomic mass is 10.2. The monoisotopic (exact) mass is 376 g/mol. The lowest BCUT2D eigenvalue weighted by Gasteiger charge is -2.11. The van der Waals surface area contributed by atoms with Gasteiger partial charge in [0.15, 0.2) is 5.17 Å². The molecule has 1 aliphatic rings. The molecule has 0 aliphatic carbocycles. The number of nitrogens with zero attached hydrogens (tertiary/aromatic N) is 1. The average molecular weight is 378 g/mol. The molecule has 0 bridgehead atoms. The molecule has 92 valence electrons. The van der Waals surface area contributed by atoms with Crippen LogP contribution in [0.4, 0.5) is 5.69 Å². The minimum Gasteiger partial charge on any atom is -0.333 e. The minimum atomic E-state index is 0.642. The largest absolute Gasteiger partial charge is 0.333 e. The summed E-state index contributed by atoms with van der Waals surface area (Å²) in [6.07, 6.45) is 2.45. The first-order valence-electron chi connectivity index (χ1n) is 5.63. The van der Waals surface area contributed by atoms with E-state index in [0.29, 0.717) is 5.25 Å². The van der Waals surface area contributed by atoms with Gasteiger partial charge in [-0.2, -0.15) is 0 Å². The van der Waals surface area contributed by atoms with Crippen molar-refractivity contribution in [2.75, 3.05) is 11.9 Å². The molecule has 1 unspecified atom stereocenters. The summed E-state index contributed by atoms with van der Waals surface area (Å²) in [5.41, 5.74) is 1.05. The first-order valence-corrected chi connectivity index (χ1v) is 8.09. The average Bonchev–Trinajstić information content (AvgIpc) is 2.72. The minimum absolute atomic E-state index is 0.642. The second-order valence-corrected chi connectivity index (χ2v) is 6.89. The van der Waals surface area contributed by atoms with Crippen LogP contribution in [0.15, 0.2) is 32.1 Å². The van der Waals surface area contributed by atoms with E-state index < -0.39 is 0 Å². The standard InChI is InChI=1S/C12H14Br2N2S/c1-2-4-8-7-15-12(17-8)16-11-9(13)5-3-6-10(11)14/h3,5-6,8H,2,4,7H2,1H3,(H,15,16). The zero-order valence-corrected chi connectivity index (χ0v) is 13.5. The number of benzene rings is 1. The van der Waals surface area contributed by atoms with Crippen LogP contribution in [0, 0.1) is 0 Å². The predicted octanol–water partition coefficient (Wildman–Crippen LogP) is 4.90. The maximum atomic E-state index is 4.54. The molecule has 0 fully saturated rings. The van der Waals surface area contributed by atoms with Gasteiger partial charge in [0, 0.05) is 14.2 Å². The molecule has 0 radical (unpaired) electrons. The third-order valence-electron chi connectivity index (χ3n) is 2.52. The molecule has 5 heteroatoms. The number of hydrogen-bond acceptors (Lipinski definition) is 3. The Morgan fingerprint density at radius 3 is 2.76 bits per heavy atom. The van der Waals surface area contributed by atoms with E-state index >= 15 is 0 Å². The van der Waals surface area contributed by atoms with Crippen molar-refractivity contribution in [3.05, 3.63) is 27.1 Å². The van der Waals surface area contributed by atoms with Crippen molar-refractivity contribution in [2.24, 2.45) is 4.99 Å². The maximum Gasteiger partial charge on any atom is 0.161 e. The fourth-order valence-electron chi connectivity index (χ4n) is 1.68. The van der Waals surface area contributed by atoms with E-state index in [9.17, 15) is 0 Å². The number of para-hydroxylation sites is 1. The van der Waals surface area contributed by atoms with E-state index in [1.165, 1.54) is 12.8 Å². The van der Waals surface area contributed by atoms with Crippen molar-refractivity contribution >= 4 is 54.5 Å². The van der Waals surface area contributed by atoms with Gasteiger partial charge in [-0.25, -0.2) is 0 Å². The highest BCUT2D eigenvalue weighted by atomic mass is 79.9. The summed E-state index contributed by atoms with van der Waals surface area (Å²) in [6.45, 7) is 3.15. The van der Waals surface area contributed by atoms with Crippen molar-refractivity contribution in [2.45, 2.75) is 25.0 Å². The summed E-state index contributed by atoms with van der Waals surface area (Å²) in [5, 5.41) is 5.05. The Morgan fingerprint density at radius 2 is 2.12 bits per heavy atom. The molecule has 1 N–H and O–H groups in total. The van der Waals surface area contributed by atoms with E-state index in [1.807, 2.05) is 30.0 Å². The Labute approximate surface area is 123 Å². The van der Waals surface area contributed by atoms with E-state index in [2.05, 4.69) is 49.1 Å². The molecule has 17 heavy (non-hydrogen) atoms. The van der Waals surface area contributed by atoms with E-state index in [-0.39, 0.29) is 0 Å². The normalized spacial score (nSPS) is 19.2. The molecule has 0 saturated carbocycles. The molecular formula is C12H14Br2N2S. The zero-order valence-electron chi connectivity index (χ0n) is 9.54. The molecular weight excluding hydrogens is 364 g/mol. The molecule has 0 saturated heterocycles. The Balaban J connectivity index is 2.03. The van der Waals surface area contributed by atoms with Crippen molar-refractivity contribution in [1.82, 2.24) is 0 Å². The molecule has 1 aromatic rings. The summed E-state index contributed by atoms with van der Waals surface area (Å²) in [7, 11) is 0. The van der Waals surface area contributed by atoms with E-state index in [1.54, 1.807) is 0 Å². The second-order valence-electron chi connectivity index (χ2n) is 3.90. The van der Waals surface area contributed by atoms with E-state index in [0.717, 1.165) is 26.3 Å². The third kappa shape index (κ3) is 3.48. The van der Waals surface area contributed by atoms with Crippen molar-refractivity contribution in [1.29, 1.82) is 0 Å². The number of aliphatic imine (C=N–C) groups is 1. The van der Waals surface area contributed by atoms with Gasteiger partial charge in [0.1, 0.15) is 0 Å². The number of amidine groups is 1. The Morgan fingerprint density at radius 1 is 1.41 bits per heavy atom. The topological polar surface area (TPSA) is 24.4 Å². The summed E-state index contributed by atoms with van der Waals surface area (Å²) in [4.78, 5) is 4.54. The SMILES string of the molecule is CCCC1CN=C(Nc2c(Br)cccc2Br)S1. The van der Waals surface area contributed by atoms with Gasteiger partial charge in [-0.3, -0.25) is 4.99 Å². The highest BCUT2D eigenvalue weighted by Crippen LogP contribution is 2.33. The molecule has 2 rings (SSSR count). The Hall–Kier alpha value is -0.000000000000000111. The van der Waals surface area contributed by atoms with Crippen LogP contribution < -0.4 is 5.32 Å². The van der Waals surface area contributed by atoms with Crippen molar-refractivity contribution in [3.8, 4) is 0 Å². The first kappa shape index (κ1) is 13.4.